The fourth-order valence-electron chi connectivity index (χ4n) is 4.03. The molecule has 1 aliphatic heterocycles. The van der Waals surface area contributed by atoms with E-state index >= 15 is 0 Å². The molecule has 1 fully saturated rings. The highest BCUT2D eigenvalue weighted by molar-refractivity contribution is 5.24. The van der Waals surface area contributed by atoms with E-state index in [1.165, 1.54) is 6.07 Å². The molecule has 1 aromatic carbocycles. The van der Waals surface area contributed by atoms with Gasteiger partial charge in [-0.3, -0.25) is 0 Å². The van der Waals surface area contributed by atoms with Gasteiger partial charge in [-0.2, -0.15) is 0 Å². The third-order valence-corrected chi connectivity index (χ3v) is 5.44. The Bertz CT molecular complexity index is 911. The van der Waals surface area contributed by atoms with Crippen LogP contribution in [-0.2, 0) is 22.6 Å². The molecule has 1 aliphatic rings. The van der Waals surface area contributed by atoms with Crippen LogP contribution in [-0.4, -0.2) is 53.2 Å². The van der Waals surface area contributed by atoms with Crippen molar-refractivity contribution in [2.24, 2.45) is 0 Å². The molecule has 3 heterocycles. The number of furan rings is 1. The number of rotatable bonds is 10. The van der Waals surface area contributed by atoms with E-state index in [1.54, 1.807) is 30.2 Å². The second-order valence-corrected chi connectivity index (χ2v) is 7.46. The highest BCUT2D eigenvalue weighted by atomic mass is 19.1. The van der Waals surface area contributed by atoms with Crippen LogP contribution in [0.2, 0.25) is 0 Å². The van der Waals surface area contributed by atoms with Crippen molar-refractivity contribution in [2.75, 3.05) is 26.9 Å². The Morgan fingerprint density at radius 2 is 2.20 bits per heavy atom. The van der Waals surface area contributed by atoms with Crippen molar-refractivity contribution >= 4 is 0 Å². The number of methoxy groups -OCH3 is 1. The van der Waals surface area contributed by atoms with Crippen LogP contribution in [0.4, 0.5) is 4.39 Å². The molecule has 2 aromatic heterocycles. The maximum absolute atomic E-state index is 15.0. The Balaban J connectivity index is 1.74. The molecule has 1 N–H and O–H groups in total. The third-order valence-electron chi connectivity index (χ3n) is 5.44. The molecule has 0 amide bonds. The SMILES string of the molecule is COCCn1nnnc1[C@H](c1ccccc1F)[NH+](Cc1ccco1)C[C@@H]1CCCO1. The maximum Gasteiger partial charge on any atom is 0.214 e. The number of quaternary nitrogens is 1. The molecule has 0 saturated carbocycles. The minimum absolute atomic E-state index is 0.104. The lowest BCUT2D eigenvalue weighted by atomic mass is 10.0. The lowest BCUT2D eigenvalue weighted by Crippen LogP contribution is -3.12. The maximum atomic E-state index is 15.0. The fourth-order valence-corrected chi connectivity index (χ4v) is 4.03. The van der Waals surface area contributed by atoms with Gasteiger partial charge in [-0.15, -0.1) is 5.10 Å². The number of aromatic nitrogens is 4. The monoisotopic (exact) mass is 416 g/mol. The zero-order valence-corrected chi connectivity index (χ0v) is 17.0. The summed E-state index contributed by atoms with van der Waals surface area (Å²) in [5, 5.41) is 12.3. The molecule has 3 atom stereocenters. The van der Waals surface area contributed by atoms with Gasteiger partial charge in [0.15, 0.2) is 11.8 Å². The summed E-state index contributed by atoms with van der Waals surface area (Å²) in [6.07, 6.45) is 3.78. The van der Waals surface area contributed by atoms with E-state index in [9.17, 15) is 4.39 Å². The van der Waals surface area contributed by atoms with E-state index in [0.29, 0.717) is 37.6 Å². The van der Waals surface area contributed by atoms with Gasteiger partial charge in [-0.05, 0) is 47.5 Å². The van der Waals surface area contributed by atoms with Gasteiger partial charge < -0.3 is 18.8 Å². The largest absolute Gasteiger partial charge is 0.463 e. The van der Waals surface area contributed by atoms with Crippen LogP contribution >= 0.6 is 0 Å². The number of nitrogens with zero attached hydrogens (tertiary/aromatic N) is 4. The summed E-state index contributed by atoms with van der Waals surface area (Å²) in [4.78, 5) is 1.07. The van der Waals surface area contributed by atoms with Crippen LogP contribution in [0.3, 0.4) is 0 Å². The van der Waals surface area contributed by atoms with Gasteiger partial charge in [0, 0.05) is 13.7 Å². The zero-order chi connectivity index (χ0) is 20.8. The van der Waals surface area contributed by atoms with Gasteiger partial charge in [0.25, 0.3) is 0 Å². The summed E-state index contributed by atoms with van der Waals surface area (Å²) >= 11 is 0. The zero-order valence-electron chi connectivity index (χ0n) is 17.0. The smallest absolute Gasteiger partial charge is 0.214 e. The van der Waals surface area contributed by atoms with Crippen LogP contribution in [0, 0.1) is 5.82 Å². The minimum Gasteiger partial charge on any atom is -0.463 e. The lowest BCUT2D eigenvalue weighted by Gasteiger charge is -2.29. The molecule has 4 rings (SSSR count). The first-order valence-corrected chi connectivity index (χ1v) is 10.2. The van der Waals surface area contributed by atoms with Crippen molar-refractivity contribution < 1.29 is 23.2 Å². The number of hydrogen-bond donors (Lipinski definition) is 1. The summed E-state index contributed by atoms with van der Waals surface area (Å²) in [5.41, 5.74) is 0.547. The summed E-state index contributed by atoms with van der Waals surface area (Å²) in [7, 11) is 1.63. The molecular weight excluding hydrogens is 389 g/mol. The van der Waals surface area contributed by atoms with Crippen molar-refractivity contribution in [1.82, 2.24) is 20.2 Å². The van der Waals surface area contributed by atoms with Gasteiger partial charge in [0.2, 0.25) is 5.82 Å². The standard InChI is InChI=1S/C21H26FN5O3/c1-28-13-10-27-21(23-24-25-27)20(18-8-2-3-9-19(18)22)26(14-16-6-4-11-29-16)15-17-7-5-12-30-17/h2-4,6,8-9,11,17,20H,5,7,10,12-15H2,1H3/p+1/t17-,20-/m0/s1. The minimum atomic E-state index is -0.424. The molecule has 0 radical (unpaired) electrons. The van der Waals surface area contributed by atoms with Gasteiger partial charge in [0.1, 0.15) is 25.0 Å². The molecule has 160 valence electrons. The summed E-state index contributed by atoms with van der Waals surface area (Å²) in [6, 6.07) is 10.2. The number of nitrogens with one attached hydrogen (secondary N) is 1. The molecule has 1 unspecified atom stereocenters. The number of benzene rings is 1. The van der Waals surface area contributed by atoms with E-state index in [1.807, 2.05) is 18.2 Å². The normalized spacial score (nSPS) is 18.5. The van der Waals surface area contributed by atoms with Crippen molar-refractivity contribution in [1.29, 1.82) is 0 Å². The molecule has 1 saturated heterocycles. The van der Waals surface area contributed by atoms with E-state index in [0.717, 1.165) is 30.1 Å². The van der Waals surface area contributed by atoms with Crippen LogP contribution in [0.1, 0.15) is 36.0 Å². The quantitative estimate of drug-likeness (QED) is 0.538. The van der Waals surface area contributed by atoms with E-state index < -0.39 is 6.04 Å². The van der Waals surface area contributed by atoms with Gasteiger partial charge >= 0.3 is 0 Å². The molecular formula is C21H27FN5O3+. The molecule has 0 bridgehead atoms. The first-order valence-electron chi connectivity index (χ1n) is 10.2. The molecule has 8 nitrogen and oxygen atoms in total. The number of tetrazole rings is 1. The first kappa shape index (κ1) is 20.6. The second kappa shape index (κ2) is 9.92. The van der Waals surface area contributed by atoms with Gasteiger partial charge in [-0.1, -0.05) is 12.1 Å². The summed E-state index contributed by atoms with van der Waals surface area (Å²) in [6.45, 7) is 2.95. The topological polar surface area (TPSA) is 79.6 Å². The molecule has 3 aromatic rings. The highest BCUT2D eigenvalue weighted by Crippen LogP contribution is 2.21. The number of halogens is 1. The van der Waals surface area contributed by atoms with Crippen molar-refractivity contribution in [2.45, 2.75) is 38.1 Å². The van der Waals surface area contributed by atoms with Crippen molar-refractivity contribution in [3.05, 3.63) is 65.6 Å². The van der Waals surface area contributed by atoms with Gasteiger partial charge in [0.05, 0.1) is 25.0 Å². The number of ether oxygens (including phenoxy) is 2. The molecule has 0 spiro atoms. The molecule has 0 aliphatic carbocycles. The van der Waals surface area contributed by atoms with Crippen LogP contribution in [0.25, 0.3) is 0 Å². The molecule has 30 heavy (non-hydrogen) atoms. The second-order valence-electron chi connectivity index (χ2n) is 7.46. The Labute approximate surface area is 174 Å². The Morgan fingerprint density at radius 3 is 2.93 bits per heavy atom. The first-order chi connectivity index (χ1) is 14.8. The predicted molar refractivity (Wildman–Crippen MR) is 105 cm³/mol. The van der Waals surface area contributed by atoms with Crippen LogP contribution in [0.5, 0.6) is 0 Å². The predicted octanol–water partition coefficient (Wildman–Crippen LogP) is 1.41. The van der Waals surface area contributed by atoms with Gasteiger partial charge in [-0.25, -0.2) is 9.07 Å². The average molecular weight is 416 g/mol. The summed E-state index contributed by atoms with van der Waals surface area (Å²) in [5.74, 6) is 1.13. The summed E-state index contributed by atoms with van der Waals surface area (Å²) < 4.78 is 33.4. The molecule has 9 heteroatoms. The van der Waals surface area contributed by atoms with E-state index in [2.05, 4.69) is 15.5 Å². The highest BCUT2D eigenvalue weighted by Gasteiger charge is 2.36. The van der Waals surface area contributed by atoms with E-state index in [4.69, 9.17) is 13.9 Å². The Morgan fingerprint density at radius 1 is 1.30 bits per heavy atom. The van der Waals surface area contributed by atoms with Crippen LogP contribution in [0.15, 0.2) is 47.1 Å². The Hall–Kier alpha value is -2.62. The lowest BCUT2D eigenvalue weighted by molar-refractivity contribution is -0.943. The number of hydrogen-bond acceptors (Lipinski definition) is 6. The van der Waals surface area contributed by atoms with E-state index in [-0.39, 0.29) is 11.9 Å². The fraction of sp³-hybridized carbons (Fsp3) is 0.476. The average Bonchev–Trinajstić information content (AvgIpc) is 3.52. The van der Waals surface area contributed by atoms with Crippen molar-refractivity contribution in [3.8, 4) is 0 Å². The third kappa shape index (κ3) is 4.75. The van der Waals surface area contributed by atoms with Crippen LogP contribution < -0.4 is 4.90 Å². The van der Waals surface area contributed by atoms with Crippen molar-refractivity contribution in [3.63, 3.8) is 0 Å². The Kier molecular flexibility index (Phi) is 6.83.